The lowest BCUT2D eigenvalue weighted by Crippen LogP contribution is -2.33. The van der Waals surface area contributed by atoms with Crippen molar-refractivity contribution >= 4 is 10.0 Å². The number of nitrogens with two attached hydrogens (primary N) is 1. The molecule has 5 heteroatoms. The smallest absolute Gasteiger partial charge is 0.243 e. The van der Waals surface area contributed by atoms with Crippen molar-refractivity contribution in [3.05, 3.63) is 29.3 Å². The number of hydrogen-bond donors (Lipinski definition) is 1. The molecule has 106 valence electrons. The number of aryl methyl sites for hydroxylation is 1. The van der Waals surface area contributed by atoms with Crippen LogP contribution in [0.4, 0.5) is 0 Å². The van der Waals surface area contributed by atoms with Crippen LogP contribution < -0.4 is 5.73 Å². The van der Waals surface area contributed by atoms with Crippen LogP contribution in [-0.4, -0.2) is 25.3 Å². The second kappa shape index (κ2) is 5.61. The van der Waals surface area contributed by atoms with Gasteiger partial charge in [-0.05, 0) is 42.5 Å². The molecule has 1 fully saturated rings. The van der Waals surface area contributed by atoms with Gasteiger partial charge in [-0.1, -0.05) is 19.9 Å². The second-order valence-electron chi connectivity index (χ2n) is 4.93. The average Bonchev–Trinajstić information content (AvgIpc) is 3.23. The van der Waals surface area contributed by atoms with E-state index in [-0.39, 0.29) is 6.04 Å². The molecular weight excluding hydrogens is 260 g/mol. The van der Waals surface area contributed by atoms with Crippen molar-refractivity contribution in [2.24, 2.45) is 5.73 Å². The van der Waals surface area contributed by atoms with Crippen molar-refractivity contribution in [3.8, 4) is 0 Å². The van der Waals surface area contributed by atoms with E-state index in [0.29, 0.717) is 18.0 Å². The lowest BCUT2D eigenvalue weighted by Gasteiger charge is -2.20. The molecule has 1 aromatic carbocycles. The van der Waals surface area contributed by atoms with Gasteiger partial charge in [0.05, 0.1) is 4.90 Å². The summed E-state index contributed by atoms with van der Waals surface area (Å²) in [5, 5.41) is 0. The first kappa shape index (κ1) is 14.5. The highest BCUT2D eigenvalue weighted by Crippen LogP contribution is 2.32. The van der Waals surface area contributed by atoms with Crippen molar-refractivity contribution < 1.29 is 8.42 Å². The fourth-order valence-corrected chi connectivity index (χ4v) is 4.17. The van der Waals surface area contributed by atoms with Gasteiger partial charge in [-0.15, -0.1) is 0 Å². The standard InChI is InChI=1S/C14H22N2O2S/c1-3-11-5-8-14(9-12(11)10-15)19(17,18)16(4-2)13-6-7-13/h5,8-9,13H,3-4,6-7,10,15H2,1-2H3. The number of benzene rings is 1. The van der Waals surface area contributed by atoms with Crippen molar-refractivity contribution in [3.63, 3.8) is 0 Å². The fourth-order valence-electron chi connectivity index (χ4n) is 2.42. The van der Waals surface area contributed by atoms with Crippen molar-refractivity contribution in [2.75, 3.05) is 6.54 Å². The zero-order valence-electron chi connectivity index (χ0n) is 11.6. The van der Waals surface area contributed by atoms with Gasteiger partial charge in [0.15, 0.2) is 0 Å². The van der Waals surface area contributed by atoms with Crippen LogP contribution in [0.25, 0.3) is 0 Å². The Bertz CT molecular complexity index is 551. The molecule has 0 amide bonds. The first-order valence-corrected chi connectivity index (χ1v) is 8.32. The quantitative estimate of drug-likeness (QED) is 0.866. The van der Waals surface area contributed by atoms with Crippen molar-refractivity contribution in [2.45, 2.75) is 50.6 Å². The van der Waals surface area contributed by atoms with E-state index in [0.717, 1.165) is 30.4 Å². The van der Waals surface area contributed by atoms with Gasteiger partial charge in [-0.25, -0.2) is 8.42 Å². The Morgan fingerprint density at radius 2 is 1.95 bits per heavy atom. The molecule has 0 radical (unpaired) electrons. The largest absolute Gasteiger partial charge is 0.326 e. The molecule has 1 aromatic rings. The van der Waals surface area contributed by atoms with Gasteiger partial charge in [-0.3, -0.25) is 0 Å². The highest BCUT2D eigenvalue weighted by molar-refractivity contribution is 7.89. The monoisotopic (exact) mass is 282 g/mol. The maximum Gasteiger partial charge on any atom is 0.243 e. The van der Waals surface area contributed by atoms with Crippen LogP contribution >= 0.6 is 0 Å². The minimum absolute atomic E-state index is 0.196. The molecule has 2 N–H and O–H groups in total. The molecule has 1 saturated carbocycles. The van der Waals surface area contributed by atoms with Crippen LogP contribution in [0, 0.1) is 0 Å². The Morgan fingerprint density at radius 1 is 1.26 bits per heavy atom. The molecule has 1 aliphatic carbocycles. The molecule has 0 bridgehead atoms. The summed E-state index contributed by atoms with van der Waals surface area (Å²) in [4.78, 5) is 0.374. The van der Waals surface area contributed by atoms with Gasteiger partial charge in [0.2, 0.25) is 10.0 Å². The molecule has 4 nitrogen and oxygen atoms in total. The van der Waals surface area contributed by atoms with Crippen LogP contribution in [0.5, 0.6) is 0 Å². The Kier molecular flexibility index (Phi) is 4.28. The first-order chi connectivity index (χ1) is 9.04. The normalized spacial score (nSPS) is 16.0. The maximum atomic E-state index is 12.6. The molecule has 1 aliphatic rings. The summed E-state index contributed by atoms with van der Waals surface area (Å²) < 4.78 is 26.8. The molecular formula is C14H22N2O2S. The van der Waals surface area contributed by atoms with Gasteiger partial charge in [-0.2, -0.15) is 4.31 Å². The zero-order chi connectivity index (χ0) is 14.0. The van der Waals surface area contributed by atoms with Crippen LogP contribution in [0.1, 0.15) is 37.8 Å². The summed E-state index contributed by atoms with van der Waals surface area (Å²) in [6.45, 7) is 4.84. The van der Waals surface area contributed by atoms with Gasteiger partial charge in [0, 0.05) is 19.1 Å². The van der Waals surface area contributed by atoms with Gasteiger partial charge in [0.25, 0.3) is 0 Å². The highest BCUT2D eigenvalue weighted by Gasteiger charge is 2.36. The number of hydrogen-bond acceptors (Lipinski definition) is 3. The SMILES string of the molecule is CCc1ccc(S(=O)(=O)N(CC)C2CC2)cc1CN. The molecule has 0 spiro atoms. The third kappa shape index (κ3) is 2.83. The number of sulfonamides is 1. The second-order valence-corrected chi connectivity index (χ2v) is 6.82. The fraction of sp³-hybridized carbons (Fsp3) is 0.571. The summed E-state index contributed by atoms with van der Waals surface area (Å²) in [6.07, 6.45) is 2.82. The van der Waals surface area contributed by atoms with E-state index < -0.39 is 10.0 Å². The Labute approximate surface area is 115 Å². The lowest BCUT2D eigenvalue weighted by molar-refractivity contribution is 0.421. The number of nitrogens with zero attached hydrogens (tertiary/aromatic N) is 1. The highest BCUT2D eigenvalue weighted by atomic mass is 32.2. The van der Waals surface area contributed by atoms with E-state index in [1.807, 2.05) is 19.9 Å². The van der Waals surface area contributed by atoms with Crippen LogP contribution in [0.15, 0.2) is 23.1 Å². The molecule has 0 unspecified atom stereocenters. The van der Waals surface area contributed by atoms with Crippen molar-refractivity contribution in [1.82, 2.24) is 4.31 Å². The Balaban J connectivity index is 2.39. The Morgan fingerprint density at radius 3 is 2.42 bits per heavy atom. The minimum Gasteiger partial charge on any atom is -0.326 e. The molecule has 19 heavy (non-hydrogen) atoms. The molecule has 0 saturated heterocycles. The Hall–Kier alpha value is -0.910. The van der Waals surface area contributed by atoms with Crippen LogP contribution in [-0.2, 0) is 23.0 Å². The molecule has 2 rings (SSSR count). The van der Waals surface area contributed by atoms with Gasteiger partial charge < -0.3 is 5.73 Å². The van der Waals surface area contributed by atoms with Gasteiger partial charge >= 0.3 is 0 Å². The van der Waals surface area contributed by atoms with E-state index in [9.17, 15) is 8.42 Å². The summed E-state index contributed by atoms with van der Waals surface area (Å²) in [6, 6.07) is 5.52. The predicted molar refractivity (Wildman–Crippen MR) is 76.3 cm³/mol. The first-order valence-electron chi connectivity index (χ1n) is 6.88. The van der Waals surface area contributed by atoms with E-state index in [1.54, 1.807) is 16.4 Å². The van der Waals surface area contributed by atoms with Crippen LogP contribution in [0.3, 0.4) is 0 Å². The van der Waals surface area contributed by atoms with E-state index >= 15 is 0 Å². The topological polar surface area (TPSA) is 63.4 Å². The third-order valence-electron chi connectivity index (χ3n) is 3.65. The molecule has 0 heterocycles. The average molecular weight is 282 g/mol. The predicted octanol–water partition coefficient (Wildman–Crippen LogP) is 1.88. The van der Waals surface area contributed by atoms with Gasteiger partial charge in [0.1, 0.15) is 0 Å². The van der Waals surface area contributed by atoms with Crippen molar-refractivity contribution in [1.29, 1.82) is 0 Å². The van der Waals surface area contributed by atoms with E-state index in [4.69, 9.17) is 5.73 Å². The maximum absolute atomic E-state index is 12.6. The van der Waals surface area contributed by atoms with Crippen LogP contribution in [0.2, 0.25) is 0 Å². The summed E-state index contributed by atoms with van der Waals surface area (Å²) in [5.74, 6) is 0. The van der Waals surface area contributed by atoms with E-state index in [1.165, 1.54) is 0 Å². The zero-order valence-corrected chi connectivity index (χ0v) is 12.4. The minimum atomic E-state index is -3.37. The molecule has 0 atom stereocenters. The summed E-state index contributed by atoms with van der Waals surface area (Å²) in [5.41, 5.74) is 7.76. The summed E-state index contributed by atoms with van der Waals surface area (Å²) in [7, 11) is -3.37. The molecule has 0 aliphatic heterocycles. The lowest BCUT2D eigenvalue weighted by atomic mass is 10.1. The van der Waals surface area contributed by atoms with E-state index in [2.05, 4.69) is 0 Å². The number of rotatable bonds is 6. The summed E-state index contributed by atoms with van der Waals surface area (Å²) >= 11 is 0. The third-order valence-corrected chi connectivity index (χ3v) is 5.67. The molecule has 0 aromatic heterocycles.